The van der Waals surface area contributed by atoms with Crippen molar-refractivity contribution >= 4 is 47.0 Å². The first-order valence-corrected chi connectivity index (χ1v) is 8.12. The molecule has 0 aliphatic heterocycles. The van der Waals surface area contributed by atoms with Gasteiger partial charge in [0, 0.05) is 26.7 Å². The van der Waals surface area contributed by atoms with Crippen molar-refractivity contribution in [1.29, 1.82) is 0 Å². The molecule has 2 aromatic rings. The van der Waals surface area contributed by atoms with E-state index in [9.17, 15) is 5.11 Å². The molecule has 140 valence electrons. The Morgan fingerprint density at radius 3 is 1.92 bits per heavy atom. The van der Waals surface area contributed by atoms with E-state index in [1.165, 1.54) is 0 Å². The molecule has 2 rings (SSSR count). The maximum atomic E-state index is 9.42. The average molecular weight is 371 g/mol. The summed E-state index contributed by atoms with van der Waals surface area (Å²) in [6.07, 6.45) is 0.470. The normalized spacial score (nSPS) is 12.9. The molecule has 9 nitrogen and oxygen atoms in total. The lowest BCUT2D eigenvalue weighted by Crippen LogP contribution is -2.18. The molecule has 0 amide bonds. The summed E-state index contributed by atoms with van der Waals surface area (Å²) >= 11 is 0. The van der Waals surface area contributed by atoms with E-state index in [0.717, 1.165) is 6.42 Å². The summed E-state index contributed by atoms with van der Waals surface area (Å²) in [5.74, 6) is 2.16. The summed E-state index contributed by atoms with van der Waals surface area (Å²) in [6.45, 7) is 6.23. The molecular weight excluding hydrogens is 344 g/mol. The van der Waals surface area contributed by atoms with Gasteiger partial charge in [-0.25, -0.2) is 9.97 Å². The highest BCUT2D eigenvalue weighted by atomic mass is 35.5. The SMILES string of the molecule is CC[C@@H](C)Nc1nc(NC)c2nc(NC[C@H](C)O)nc(NC)c2n1.Cl. The van der Waals surface area contributed by atoms with Gasteiger partial charge in [-0.15, -0.1) is 12.4 Å². The fourth-order valence-corrected chi connectivity index (χ4v) is 2.07. The van der Waals surface area contributed by atoms with Crippen molar-refractivity contribution in [1.82, 2.24) is 19.9 Å². The molecule has 2 atom stereocenters. The smallest absolute Gasteiger partial charge is 0.225 e. The number of aromatic nitrogens is 4. The lowest BCUT2D eigenvalue weighted by molar-refractivity contribution is 0.208. The van der Waals surface area contributed by atoms with Gasteiger partial charge in [-0.05, 0) is 20.3 Å². The molecule has 0 aromatic carbocycles. The Bertz CT molecular complexity index is 697. The molecule has 0 radical (unpaired) electrons. The molecule has 0 saturated heterocycles. The third kappa shape index (κ3) is 5.17. The Labute approximate surface area is 153 Å². The number of halogens is 1. The molecule has 0 unspecified atom stereocenters. The minimum Gasteiger partial charge on any atom is -0.392 e. The molecular formula is C15H27ClN8O. The van der Waals surface area contributed by atoms with E-state index in [1.807, 2.05) is 0 Å². The van der Waals surface area contributed by atoms with Gasteiger partial charge in [0.2, 0.25) is 11.9 Å². The number of anilines is 4. The third-order valence-corrected chi connectivity index (χ3v) is 3.56. The summed E-state index contributed by atoms with van der Waals surface area (Å²) < 4.78 is 0. The van der Waals surface area contributed by atoms with E-state index >= 15 is 0 Å². The van der Waals surface area contributed by atoms with E-state index in [-0.39, 0.29) is 18.4 Å². The van der Waals surface area contributed by atoms with Crippen molar-refractivity contribution in [3.05, 3.63) is 0 Å². The Hall–Kier alpha value is -2.13. The van der Waals surface area contributed by atoms with Crippen LogP contribution in [0.1, 0.15) is 27.2 Å². The van der Waals surface area contributed by atoms with E-state index in [4.69, 9.17) is 0 Å². The van der Waals surface area contributed by atoms with Crippen molar-refractivity contribution in [2.45, 2.75) is 39.3 Å². The molecule has 25 heavy (non-hydrogen) atoms. The zero-order valence-corrected chi connectivity index (χ0v) is 16.0. The molecule has 2 heterocycles. The monoisotopic (exact) mass is 370 g/mol. The van der Waals surface area contributed by atoms with Crippen molar-refractivity contribution in [2.24, 2.45) is 0 Å². The molecule has 0 bridgehead atoms. The van der Waals surface area contributed by atoms with Crippen LogP contribution in [0, 0.1) is 0 Å². The van der Waals surface area contributed by atoms with E-state index < -0.39 is 6.10 Å². The first kappa shape index (κ1) is 20.9. The Balaban J connectivity index is 0.00000312. The summed E-state index contributed by atoms with van der Waals surface area (Å²) in [7, 11) is 3.57. The first-order chi connectivity index (χ1) is 11.5. The average Bonchev–Trinajstić information content (AvgIpc) is 2.58. The number of nitrogens with zero attached hydrogens (tertiary/aromatic N) is 4. The summed E-state index contributed by atoms with van der Waals surface area (Å²) in [5.41, 5.74) is 1.24. The largest absolute Gasteiger partial charge is 0.392 e. The Morgan fingerprint density at radius 2 is 1.44 bits per heavy atom. The van der Waals surface area contributed by atoms with Crippen LogP contribution in [0.5, 0.6) is 0 Å². The summed E-state index contributed by atoms with van der Waals surface area (Å²) in [4.78, 5) is 17.9. The molecule has 10 heteroatoms. The highest BCUT2D eigenvalue weighted by Gasteiger charge is 2.15. The first-order valence-electron chi connectivity index (χ1n) is 8.12. The van der Waals surface area contributed by atoms with Crippen LogP contribution in [-0.2, 0) is 0 Å². The highest BCUT2D eigenvalue weighted by molar-refractivity contribution is 5.94. The number of fused-ring (bicyclic) bond motifs is 1. The van der Waals surface area contributed by atoms with E-state index in [2.05, 4.69) is 55.1 Å². The van der Waals surface area contributed by atoms with Gasteiger partial charge in [0.15, 0.2) is 11.6 Å². The van der Waals surface area contributed by atoms with Gasteiger partial charge in [0.25, 0.3) is 0 Å². The van der Waals surface area contributed by atoms with Gasteiger partial charge in [-0.1, -0.05) is 6.92 Å². The number of hydrogen-bond acceptors (Lipinski definition) is 9. The standard InChI is InChI=1S/C15H26N8O.ClH/c1-6-8(2)19-15-21-11-10(13(17-5)23-15)20-14(18-7-9(3)24)22-12(11)16-4;/h8-9,24H,6-7H2,1-5H3,(H2,16,18,20,22)(H2,17,19,21,23);1H/t8-,9+;/m1./s1. The summed E-state index contributed by atoms with van der Waals surface area (Å²) in [5, 5.41) is 21.8. The lowest BCUT2D eigenvalue weighted by Gasteiger charge is -2.15. The third-order valence-electron chi connectivity index (χ3n) is 3.56. The molecule has 0 saturated carbocycles. The Morgan fingerprint density at radius 1 is 0.920 bits per heavy atom. The zero-order valence-electron chi connectivity index (χ0n) is 15.2. The van der Waals surface area contributed by atoms with Crippen LogP contribution in [0.4, 0.5) is 23.5 Å². The van der Waals surface area contributed by atoms with Crippen LogP contribution in [0.2, 0.25) is 0 Å². The predicted molar refractivity (Wildman–Crippen MR) is 105 cm³/mol. The Kier molecular flexibility index (Phi) is 7.85. The highest BCUT2D eigenvalue weighted by Crippen LogP contribution is 2.26. The molecule has 0 spiro atoms. The lowest BCUT2D eigenvalue weighted by atomic mass is 10.3. The van der Waals surface area contributed by atoms with Crippen molar-refractivity contribution in [3.63, 3.8) is 0 Å². The van der Waals surface area contributed by atoms with E-state index in [0.29, 0.717) is 41.1 Å². The van der Waals surface area contributed by atoms with Gasteiger partial charge in [-0.3, -0.25) is 0 Å². The number of rotatable bonds is 8. The zero-order chi connectivity index (χ0) is 17.7. The second kappa shape index (κ2) is 9.38. The van der Waals surface area contributed by atoms with Gasteiger partial charge in [-0.2, -0.15) is 9.97 Å². The summed E-state index contributed by atoms with van der Waals surface area (Å²) in [6, 6.07) is 0.262. The van der Waals surface area contributed by atoms with Crippen molar-refractivity contribution in [3.8, 4) is 0 Å². The van der Waals surface area contributed by atoms with Gasteiger partial charge in [0.1, 0.15) is 11.0 Å². The number of aliphatic hydroxyl groups is 1. The minimum atomic E-state index is -0.496. The minimum absolute atomic E-state index is 0. The van der Waals surface area contributed by atoms with Crippen LogP contribution in [0.25, 0.3) is 11.0 Å². The molecule has 0 fully saturated rings. The van der Waals surface area contributed by atoms with Gasteiger partial charge >= 0.3 is 0 Å². The van der Waals surface area contributed by atoms with Gasteiger partial charge < -0.3 is 26.4 Å². The van der Waals surface area contributed by atoms with Crippen molar-refractivity contribution in [2.75, 3.05) is 41.9 Å². The second-order valence-corrected chi connectivity index (χ2v) is 5.67. The quantitative estimate of drug-likeness (QED) is 0.474. The fraction of sp³-hybridized carbons (Fsp3) is 0.600. The second-order valence-electron chi connectivity index (χ2n) is 5.67. The van der Waals surface area contributed by atoms with Crippen LogP contribution in [0.15, 0.2) is 0 Å². The predicted octanol–water partition coefficient (Wildman–Crippen LogP) is 1.93. The van der Waals surface area contributed by atoms with E-state index in [1.54, 1.807) is 21.0 Å². The van der Waals surface area contributed by atoms with Crippen LogP contribution < -0.4 is 21.3 Å². The van der Waals surface area contributed by atoms with Crippen LogP contribution >= 0.6 is 12.4 Å². The maximum Gasteiger partial charge on any atom is 0.225 e. The fourth-order valence-electron chi connectivity index (χ4n) is 2.07. The number of aliphatic hydroxyl groups excluding tert-OH is 1. The number of hydrogen-bond donors (Lipinski definition) is 5. The van der Waals surface area contributed by atoms with Gasteiger partial charge in [0.05, 0.1) is 6.10 Å². The molecule has 2 aromatic heterocycles. The van der Waals surface area contributed by atoms with Crippen LogP contribution in [-0.4, -0.2) is 57.8 Å². The topological polar surface area (TPSA) is 120 Å². The van der Waals surface area contributed by atoms with Crippen molar-refractivity contribution < 1.29 is 5.11 Å². The van der Waals surface area contributed by atoms with Crippen LogP contribution in [0.3, 0.4) is 0 Å². The molecule has 0 aliphatic rings. The molecule has 0 aliphatic carbocycles. The maximum absolute atomic E-state index is 9.42. The number of nitrogens with one attached hydrogen (secondary N) is 4. The molecule has 5 N–H and O–H groups in total.